The van der Waals surface area contributed by atoms with E-state index in [0.717, 1.165) is 12.8 Å². The molecule has 8 heteroatoms. The lowest BCUT2D eigenvalue weighted by atomic mass is 9.94. The first-order valence-electron chi connectivity index (χ1n) is 10.6. The van der Waals surface area contributed by atoms with Crippen molar-refractivity contribution in [1.82, 2.24) is 10.6 Å². The number of allylic oxidation sites excluding steroid dienone is 1. The summed E-state index contributed by atoms with van der Waals surface area (Å²) in [4.78, 5) is 25.4. The number of hydrogen-bond donors (Lipinski definition) is 3. The number of urea groups is 1. The second-order valence-electron chi connectivity index (χ2n) is 7.94. The van der Waals surface area contributed by atoms with Gasteiger partial charge in [-0.1, -0.05) is 29.8 Å². The lowest BCUT2D eigenvalue weighted by Crippen LogP contribution is -2.46. The normalized spacial score (nSPS) is 18.7. The molecular weight excluding hydrogens is 430 g/mol. The minimum atomic E-state index is -0.666. The van der Waals surface area contributed by atoms with Crippen molar-refractivity contribution in [2.45, 2.75) is 44.8 Å². The fraction of sp³-hybridized carbons (Fsp3) is 0.333. The Bertz CT molecular complexity index is 1060. The summed E-state index contributed by atoms with van der Waals surface area (Å²) in [5.41, 5.74) is 2.05. The van der Waals surface area contributed by atoms with Crippen molar-refractivity contribution >= 4 is 29.2 Å². The van der Waals surface area contributed by atoms with Crippen LogP contribution in [-0.4, -0.2) is 25.2 Å². The molecule has 2 aromatic carbocycles. The quantitative estimate of drug-likeness (QED) is 0.575. The second kappa shape index (κ2) is 9.53. The summed E-state index contributed by atoms with van der Waals surface area (Å²) in [7, 11) is 1.58. The van der Waals surface area contributed by atoms with E-state index in [9.17, 15) is 9.59 Å². The summed E-state index contributed by atoms with van der Waals surface area (Å²) in [5, 5.41) is 8.79. The Labute approximate surface area is 192 Å². The minimum Gasteiger partial charge on any atom is -0.493 e. The van der Waals surface area contributed by atoms with Gasteiger partial charge in [0.05, 0.1) is 35.5 Å². The van der Waals surface area contributed by atoms with Crippen LogP contribution in [0, 0.1) is 0 Å². The predicted molar refractivity (Wildman–Crippen MR) is 123 cm³/mol. The maximum Gasteiger partial charge on any atom is 0.319 e. The van der Waals surface area contributed by atoms with Gasteiger partial charge in [0, 0.05) is 5.70 Å². The van der Waals surface area contributed by atoms with Gasteiger partial charge in [-0.3, -0.25) is 4.79 Å². The third-order valence-electron chi connectivity index (χ3n) is 5.75. The molecule has 0 bridgehead atoms. The summed E-state index contributed by atoms with van der Waals surface area (Å²) in [5.74, 6) is 0.857. The van der Waals surface area contributed by atoms with Crippen molar-refractivity contribution in [3.63, 3.8) is 0 Å². The predicted octanol–water partition coefficient (Wildman–Crippen LogP) is 4.94. The van der Waals surface area contributed by atoms with Crippen LogP contribution in [0.25, 0.3) is 0 Å². The van der Waals surface area contributed by atoms with Gasteiger partial charge in [-0.05, 0) is 62.4 Å². The van der Waals surface area contributed by atoms with Crippen molar-refractivity contribution in [1.29, 1.82) is 0 Å². The van der Waals surface area contributed by atoms with Crippen LogP contribution < -0.4 is 25.4 Å². The fourth-order valence-corrected chi connectivity index (χ4v) is 4.33. The highest BCUT2D eigenvalue weighted by molar-refractivity contribution is 6.33. The molecule has 2 aromatic rings. The monoisotopic (exact) mass is 455 g/mol. The van der Waals surface area contributed by atoms with Gasteiger partial charge in [0.25, 0.3) is 5.91 Å². The molecule has 3 N–H and O–H groups in total. The number of carbonyl (C=O) groups is 2. The molecule has 3 amide bonds. The molecule has 1 aliphatic carbocycles. The molecule has 1 atom stereocenters. The van der Waals surface area contributed by atoms with E-state index >= 15 is 0 Å². The number of carbonyl (C=O) groups excluding carboxylic acids is 2. The number of benzene rings is 2. The van der Waals surface area contributed by atoms with Crippen LogP contribution in [0.1, 0.15) is 44.2 Å². The number of anilines is 1. The van der Waals surface area contributed by atoms with E-state index in [-0.39, 0.29) is 18.0 Å². The number of rotatable bonds is 6. The second-order valence-corrected chi connectivity index (χ2v) is 8.35. The number of hydrogen-bond acceptors (Lipinski definition) is 4. The summed E-state index contributed by atoms with van der Waals surface area (Å²) in [6.07, 6.45) is 4.58. The van der Waals surface area contributed by atoms with E-state index in [1.807, 2.05) is 12.1 Å². The first-order valence-corrected chi connectivity index (χ1v) is 11.0. The molecule has 0 spiro atoms. The smallest absolute Gasteiger partial charge is 0.319 e. The van der Waals surface area contributed by atoms with E-state index in [4.69, 9.17) is 21.1 Å². The summed E-state index contributed by atoms with van der Waals surface area (Å²) in [6, 6.07) is 11.4. The van der Waals surface area contributed by atoms with E-state index in [1.165, 1.54) is 12.8 Å². The molecule has 1 aliphatic heterocycles. The van der Waals surface area contributed by atoms with Crippen molar-refractivity contribution in [3.8, 4) is 11.5 Å². The first-order chi connectivity index (χ1) is 15.5. The molecule has 7 nitrogen and oxygen atoms in total. The number of ether oxygens (including phenoxy) is 2. The van der Waals surface area contributed by atoms with Crippen molar-refractivity contribution in [2.75, 3.05) is 12.4 Å². The molecule has 1 fully saturated rings. The van der Waals surface area contributed by atoms with Gasteiger partial charge in [0.15, 0.2) is 11.5 Å². The summed E-state index contributed by atoms with van der Waals surface area (Å²) in [6.45, 7) is 1.70. The van der Waals surface area contributed by atoms with Gasteiger partial charge in [-0.2, -0.15) is 0 Å². The summed E-state index contributed by atoms with van der Waals surface area (Å²) >= 11 is 6.20. The average molecular weight is 456 g/mol. The molecule has 2 aliphatic rings. The van der Waals surface area contributed by atoms with E-state index in [2.05, 4.69) is 16.0 Å². The Kier molecular flexibility index (Phi) is 6.55. The fourth-order valence-electron chi connectivity index (χ4n) is 4.14. The largest absolute Gasteiger partial charge is 0.493 e. The third kappa shape index (κ3) is 4.67. The van der Waals surface area contributed by atoms with Gasteiger partial charge in [-0.15, -0.1) is 0 Å². The van der Waals surface area contributed by atoms with Crippen LogP contribution in [0.3, 0.4) is 0 Å². The number of methoxy groups -OCH3 is 1. The van der Waals surface area contributed by atoms with Crippen molar-refractivity contribution < 1.29 is 19.1 Å². The van der Waals surface area contributed by atoms with E-state index < -0.39 is 6.04 Å². The Morgan fingerprint density at radius 1 is 1.12 bits per heavy atom. The van der Waals surface area contributed by atoms with Gasteiger partial charge in [0.1, 0.15) is 0 Å². The van der Waals surface area contributed by atoms with Crippen LogP contribution in [0.15, 0.2) is 53.7 Å². The zero-order valence-corrected chi connectivity index (χ0v) is 18.8. The van der Waals surface area contributed by atoms with Crippen molar-refractivity contribution in [2.24, 2.45) is 0 Å². The molecule has 4 rings (SSSR count). The Hall–Kier alpha value is -3.19. The SMILES string of the molecule is COc1cc([C@@H]2NC(=O)NC(C)=C2C(=O)Nc2ccccc2Cl)ccc1OC1CCCC1. The molecule has 168 valence electrons. The van der Waals surface area contributed by atoms with Gasteiger partial charge in [-0.25, -0.2) is 4.79 Å². The number of nitrogens with one attached hydrogen (secondary N) is 3. The van der Waals surface area contributed by atoms with Gasteiger partial charge < -0.3 is 25.4 Å². The molecular formula is C24H26ClN3O4. The first kappa shape index (κ1) is 22.0. The molecule has 32 heavy (non-hydrogen) atoms. The zero-order chi connectivity index (χ0) is 22.7. The van der Waals surface area contributed by atoms with Crippen LogP contribution in [0.4, 0.5) is 10.5 Å². The topological polar surface area (TPSA) is 88.7 Å². The van der Waals surface area contributed by atoms with E-state index in [0.29, 0.717) is 39.0 Å². The number of halogens is 1. The van der Waals surface area contributed by atoms with Crippen LogP contribution in [-0.2, 0) is 4.79 Å². The van der Waals surface area contributed by atoms with Crippen LogP contribution >= 0.6 is 11.6 Å². The maximum atomic E-state index is 13.2. The zero-order valence-electron chi connectivity index (χ0n) is 18.0. The summed E-state index contributed by atoms with van der Waals surface area (Å²) < 4.78 is 11.7. The average Bonchev–Trinajstić information content (AvgIpc) is 3.28. The molecule has 1 saturated carbocycles. The Morgan fingerprint density at radius 3 is 2.59 bits per heavy atom. The highest BCUT2D eigenvalue weighted by atomic mass is 35.5. The molecule has 0 saturated heterocycles. The van der Waals surface area contributed by atoms with Crippen LogP contribution in [0.2, 0.25) is 5.02 Å². The highest BCUT2D eigenvalue weighted by Gasteiger charge is 2.32. The standard InChI is InChI=1S/C24H26ClN3O4/c1-14-21(23(29)27-18-10-6-5-9-17(18)25)22(28-24(30)26-14)15-11-12-19(20(13-15)31-2)32-16-7-3-4-8-16/h5-6,9-13,16,22H,3-4,7-8H2,1-2H3,(H,27,29)(H2,26,28,30)/t22-/m0/s1. The van der Waals surface area contributed by atoms with E-state index in [1.54, 1.807) is 44.4 Å². The lowest BCUT2D eigenvalue weighted by molar-refractivity contribution is -0.113. The third-order valence-corrected chi connectivity index (χ3v) is 6.08. The number of para-hydroxylation sites is 1. The maximum absolute atomic E-state index is 13.2. The van der Waals surface area contributed by atoms with Crippen molar-refractivity contribution in [3.05, 3.63) is 64.3 Å². The molecule has 1 heterocycles. The highest BCUT2D eigenvalue weighted by Crippen LogP contribution is 2.36. The lowest BCUT2D eigenvalue weighted by Gasteiger charge is -2.29. The number of amides is 3. The minimum absolute atomic E-state index is 0.187. The van der Waals surface area contributed by atoms with Gasteiger partial charge in [0.2, 0.25) is 0 Å². The van der Waals surface area contributed by atoms with Gasteiger partial charge >= 0.3 is 6.03 Å². The van der Waals surface area contributed by atoms with Crippen LogP contribution in [0.5, 0.6) is 11.5 Å². The molecule has 0 aromatic heterocycles. The Balaban J connectivity index is 1.64. The Morgan fingerprint density at radius 2 is 1.88 bits per heavy atom. The molecule has 0 radical (unpaired) electrons. The molecule has 0 unspecified atom stereocenters.